The minimum Gasteiger partial charge on any atom is -0.494 e. The van der Waals surface area contributed by atoms with Gasteiger partial charge in [-0.2, -0.15) is 0 Å². The van der Waals surface area contributed by atoms with Crippen LogP contribution in [0.4, 0.5) is 0 Å². The number of nitrogens with zero attached hydrogens (tertiary/aromatic N) is 1. The van der Waals surface area contributed by atoms with Crippen LogP contribution in [0.25, 0.3) is 11.1 Å². The first-order chi connectivity index (χ1) is 11.2. The lowest BCUT2D eigenvalue weighted by atomic mass is 10.1. The van der Waals surface area contributed by atoms with Crippen LogP contribution >= 0.6 is 0 Å². The van der Waals surface area contributed by atoms with Crippen LogP contribution < -0.4 is 10.1 Å². The van der Waals surface area contributed by atoms with Gasteiger partial charge in [-0.05, 0) is 36.8 Å². The molecular weight excluding hydrogens is 292 g/mol. The molecule has 23 heavy (non-hydrogen) atoms. The van der Waals surface area contributed by atoms with Crippen molar-refractivity contribution in [2.45, 2.75) is 19.9 Å². The fraction of sp³-hybridized carbons (Fsp3) is 0.222. The van der Waals surface area contributed by atoms with Crippen molar-refractivity contribution in [1.29, 1.82) is 0 Å². The van der Waals surface area contributed by atoms with Gasteiger partial charge in [0.1, 0.15) is 11.3 Å². The van der Waals surface area contributed by atoms with E-state index in [0.29, 0.717) is 18.9 Å². The van der Waals surface area contributed by atoms with Gasteiger partial charge in [-0.25, -0.2) is 4.98 Å². The average Bonchev–Trinajstić information content (AvgIpc) is 2.98. The maximum atomic E-state index is 12.0. The van der Waals surface area contributed by atoms with Crippen LogP contribution in [0, 0.1) is 0 Å². The van der Waals surface area contributed by atoms with Crippen molar-refractivity contribution in [1.82, 2.24) is 10.3 Å². The molecule has 0 saturated carbocycles. The number of amides is 1. The SMILES string of the molecule is CCOc1ccc(CC(=O)NCc2nc3ccccc3o2)cc1. The Hall–Kier alpha value is -2.82. The summed E-state index contributed by atoms with van der Waals surface area (Å²) in [5.74, 6) is 1.24. The third-order valence-electron chi connectivity index (χ3n) is 3.37. The predicted molar refractivity (Wildman–Crippen MR) is 87.2 cm³/mol. The van der Waals surface area contributed by atoms with E-state index in [2.05, 4.69) is 10.3 Å². The Morgan fingerprint density at radius 2 is 1.96 bits per heavy atom. The molecule has 3 rings (SSSR count). The molecule has 0 saturated heterocycles. The standard InChI is InChI=1S/C18H18N2O3/c1-2-22-14-9-7-13(8-10-14)11-17(21)19-12-18-20-15-5-3-4-6-16(15)23-18/h3-10H,2,11-12H2,1H3,(H,19,21). The number of hydrogen-bond acceptors (Lipinski definition) is 4. The third-order valence-corrected chi connectivity index (χ3v) is 3.37. The minimum absolute atomic E-state index is 0.0728. The highest BCUT2D eigenvalue weighted by atomic mass is 16.5. The molecule has 5 heteroatoms. The maximum absolute atomic E-state index is 12.0. The molecule has 0 aliphatic rings. The third kappa shape index (κ3) is 3.88. The zero-order chi connectivity index (χ0) is 16.1. The first kappa shape index (κ1) is 15.1. The van der Waals surface area contributed by atoms with E-state index in [1.807, 2.05) is 55.5 Å². The van der Waals surface area contributed by atoms with Gasteiger partial charge in [0.15, 0.2) is 5.58 Å². The number of benzene rings is 2. The molecule has 0 radical (unpaired) electrons. The highest BCUT2D eigenvalue weighted by Crippen LogP contribution is 2.15. The molecule has 3 aromatic rings. The molecule has 118 valence electrons. The molecule has 1 aromatic heterocycles. The van der Waals surface area contributed by atoms with Gasteiger partial charge in [0, 0.05) is 0 Å². The maximum Gasteiger partial charge on any atom is 0.224 e. The van der Waals surface area contributed by atoms with Gasteiger partial charge < -0.3 is 14.5 Å². The molecular formula is C18H18N2O3. The monoisotopic (exact) mass is 310 g/mol. The lowest BCUT2D eigenvalue weighted by Crippen LogP contribution is -2.24. The van der Waals surface area contributed by atoms with Crippen LogP contribution in [0.5, 0.6) is 5.75 Å². The fourth-order valence-corrected chi connectivity index (χ4v) is 2.29. The number of aromatic nitrogens is 1. The summed E-state index contributed by atoms with van der Waals surface area (Å²) in [6, 6.07) is 15.0. The van der Waals surface area contributed by atoms with E-state index in [-0.39, 0.29) is 12.5 Å². The van der Waals surface area contributed by atoms with Gasteiger partial charge in [-0.15, -0.1) is 0 Å². The first-order valence-electron chi connectivity index (χ1n) is 7.57. The van der Waals surface area contributed by atoms with Crippen molar-refractivity contribution in [3.63, 3.8) is 0 Å². The Kier molecular flexibility index (Phi) is 4.57. The summed E-state index contributed by atoms with van der Waals surface area (Å²) < 4.78 is 10.9. The Morgan fingerprint density at radius 1 is 1.17 bits per heavy atom. The van der Waals surface area contributed by atoms with E-state index >= 15 is 0 Å². The summed E-state index contributed by atoms with van der Waals surface area (Å²) >= 11 is 0. The molecule has 0 atom stereocenters. The summed E-state index contributed by atoms with van der Waals surface area (Å²) in [7, 11) is 0. The molecule has 0 fully saturated rings. The first-order valence-corrected chi connectivity index (χ1v) is 7.57. The van der Waals surface area contributed by atoms with Crippen LogP contribution in [0.15, 0.2) is 52.9 Å². The van der Waals surface area contributed by atoms with Gasteiger partial charge in [0.25, 0.3) is 0 Å². The number of carbonyl (C=O) groups is 1. The lowest BCUT2D eigenvalue weighted by Gasteiger charge is -2.05. The molecule has 1 heterocycles. The zero-order valence-corrected chi connectivity index (χ0v) is 12.9. The van der Waals surface area contributed by atoms with Crippen LogP contribution in [-0.4, -0.2) is 17.5 Å². The number of nitrogens with one attached hydrogen (secondary N) is 1. The van der Waals surface area contributed by atoms with Crippen molar-refractivity contribution < 1.29 is 13.9 Å². The largest absolute Gasteiger partial charge is 0.494 e. The van der Waals surface area contributed by atoms with Crippen LogP contribution in [0.1, 0.15) is 18.4 Å². The quantitative estimate of drug-likeness (QED) is 0.760. The average molecular weight is 310 g/mol. The van der Waals surface area contributed by atoms with Crippen LogP contribution in [-0.2, 0) is 17.8 Å². The van der Waals surface area contributed by atoms with E-state index in [0.717, 1.165) is 22.4 Å². The second kappa shape index (κ2) is 6.96. The second-order valence-electron chi connectivity index (χ2n) is 5.11. The molecule has 5 nitrogen and oxygen atoms in total. The highest BCUT2D eigenvalue weighted by Gasteiger charge is 2.08. The predicted octanol–water partition coefficient (Wildman–Crippen LogP) is 3.09. The normalized spacial score (nSPS) is 10.7. The molecule has 1 N–H and O–H groups in total. The van der Waals surface area contributed by atoms with Crippen LogP contribution in [0.3, 0.4) is 0 Å². The molecule has 0 unspecified atom stereocenters. The van der Waals surface area contributed by atoms with Gasteiger partial charge in [-0.1, -0.05) is 24.3 Å². The van der Waals surface area contributed by atoms with E-state index in [1.165, 1.54) is 0 Å². The Morgan fingerprint density at radius 3 is 2.70 bits per heavy atom. The number of fused-ring (bicyclic) bond motifs is 1. The summed E-state index contributed by atoms with van der Waals surface area (Å²) in [6.45, 7) is 2.85. The summed E-state index contributed by atoms with van der Waals surface area (Å²) in [5, 5.41) is 2.82. The van der Waals surface area contributed by atoms with Gasteiger partial charge in [0.2, 0.25) is 11.8 Å². The van der Waals surface area contributed by atoms with Gasteiger partial charge in [0.05, 0.1) is 19.6 Å². The van der Waals surface area contributed by atoms with Crippen molar-refractivity contribution in [2.24, 2.45) is 0 Å². The molecule has 0 bridgehead atoms. The van der Waals surface area contributed by atoms with E-state index in [1.54, 1.807) is 0 Å². The van der Waals surface area contributed by atoms with E-state index in [4.69, 9.17) is 9.15 Å². The Balaban J connectivity index is 1.54. The van der Waals surface area contributed by atoms with E-state index in [9.17, 15) is 4.79 Å². The molecule has 2 aromatic carbocycles. The lowest BCUT2D eigenvalue weighted by molar-refractivity contribution is -0.120. The summed E-state index contributed by atoms with van der Waals surface area (Å²) in [6.07, 6.45) is 0.312. The summed E-state index contributed by atoms with van der Waals surface area (Å²) in [4.78, 5) is 16.3. The fourth-order valence-electron chi connectivity index (χ4n) is 2.29. The molecule has 0 aliphatic heterocycles. The zero-order valence-electron chi connectivity index (χ0n) is 12.9. The Labute approximate surface area is 134 Å². The summed E-state index contributed by atoms with van der Waals surface area (Å²) in [5.41, 5.74) is 2.45. The molecule has 0 aliphatic carbocycles. The van der Waals surface area contributed by atoms with Gasteiger partial charge in [-0.3, -0.25) is 4.79 Å². The number of hydrogen-bond donors (Lipinski definition) is 1. The number of ether oxygens (including phenoxy) is 1. The topological polar surface area (TPSA) is 64.4 Å². The Bertz CT molecular complexity index is 760. The number of rotatable bonds is 6. The van der Waals surface area contributed by atoms with Crippen molar-refractivity contribution in [3.8, 4) is 5.75 Å². The van der Waals surface area contributed by atoms with Gasteiger partial charge >= 0.3 is 0 Å². The number of para-hydroxylation sites is 2. The minimum atomic E-state index is -0.0728. The van der Waals surface area contributed by atoms with Crippen molar-refractivity contribution >= 4 is 17.0 Å². The second-order valence-corrected chi connectivity index (χ2v) is 5.11. The number of carbonyl (C=O) groups excluding carboxylic acids is 1. The van der Waals surface area contributed by atoms with E-state index < -0.39 is 0 Å². The van der Waals surface area contributed by atoms with Crippen molar-refractivity contribution in [2.75, 3.05) is 6.61 Å². The van der Waals surface area contributed by atoms with Crippen LogP contribution in [0.2, 0.25) is 0 Å². The number of oxazole rings is 1. The highest BCUT2D eigenvalue weighted by molar-refractivity contribution is 5.78. The van der Waals surface area contributed by atoms with Crippen molar-refractivity contribution in [3.05, 3.63) is 60.0 Å². The molecule has 1 amide bonds. The smallest absolute Gasteiger partial charge is 0.224 e. The molecule has 0 spiro atoms.